The molecule has 2 aromatic rings. The summed E-state index contributed by atoms with van der Waals surface area (Å²) in [5.74, 6) is 0.666. The van der Waals surface area contributed by atoms with Gasteiger partial charge in [0.05, 0.1) is 11.3 Å². The van der Waals surface area contributed by atoms with E-state index in [0.717, 1.165) is 26.1 Å². The Morgan fingerprint density at radius 3 is 2.63 bits per heavy atom. The van der Waals surface area contributed by atoms with Gasteiger partial charge in [0.25, 0.3) is 0 Å². The normalized spacial score (nSPS) is 16.8. The lowest BCUT2D eigenvalue weighted by molar-refractivity contribution is 0.0768. The molecule has 0 amide bonds. The highest BCUT2D eigenvalue weighted by molar-refractivity contribution is 14.0. The Hall–Kier alpha value is -1.33. The van der Waals surface area contributed by atoms with E-state index in [4.69, 9.17) is 4.74 Å². The molecule has 0 saturated carbocycles. The molecule has 1 aromatic carbocycles. The van der Waals surface area contributed by atoms with Crippen LogP contribution in [0.25, 0.3) is 10.9 Å². The summed E-state index contributed by atoms with van der Waals surface area (Å²) in [4.78, 5) is 4.61. The molecule has 0 bridgehead atoms. The lowest BCUT2D eigenvalue weighted by Crippen LogP contribution is -2.47. The van der Waals surface area contributed by atoms with Gasteiger partial charge in [0.2, 0.25) is 0 Å². The molecular formula is C21H33IN4O3S. The number of aryl methyl sites for hydroxylation is 1. The molecule has 9 heteroatoms. The Kier molecular flexibility index (Phi) is 9.42. The molecule has 168 valence electrons. The van der Waals surface area contributed by atoms with Crippen molar-refractivity contribution >= 4 is 50.7 Å². The maximum atomic E-state index is 12.4. The fraction of sp³-hybridized carbons (Fsp3) is 0.571. The van der Waals surface area contributed by atoms with Crippen molar-refractivity contribution in [3.05, 3.63) is 36.5 Å². The van der Waals surface area contributed by atoms with E-state index in [-0.39, 0.29) is 30.5 Å². The molecule has 1 fully saturated rings. The minimum Gasteiger partial charge on any atom is -0.381 e. The van der Waals surface area contributed by atoms with Gasteiger partial charge in [-0.1, -0.05) is 18.2 Å². The topological polar surface area (TPSA) is 84.7 Å². The second kappa shape index (κ2) is 11.3. The van der Waals surface area contributed by atoms with Gasteiger partial charge in [0.15, 0.2) is 15.8 Å². The summed E-state index contributed by atoms with van der Waals surface area (Å²) in [6.45, 7) is 5.59. The number of nitrogens with zero attached hydrogens (tertiary/aromatic N) is 2. The van der Waals surface area contributed by atoms with Crippen LogP contribution in [0.5, 0.6) is 0 Å². The van der Waals surface area contributed by atoms with Crippen LogP contribution >= 0.6 is 24.0 Å². The van der Waals surface area contributed by atoms with Crippen LogP contribution in [0.4, 0.5) is 0 Å². The first-order valence-electron chi connectivity index (χ1n) is 10.3. The summed E-state index contributed by atoms with van der Waals surface area (Å²) in [5.41, 5.74) is 1.24. The SMILES string of the molecule is CCNC(=NCC1(S(C)(=O)=O)CCOCC1)NCCCn1ccc2ccccc21.I. The molecule has 30 heavy (non-hydrogen) atoms. The first kappa shape index (κ1) is 24.9. The van der Waals surface area contributed by atoms with Crippen LogP contribution in [0.3, 0.4) is 0 Å². The minimum absolute atomic E-state index is 0. The third kappa shape index (κ3) is 6.10. The molecule has 0 aliphatic carbocycles. The number of aliphatic imine (C=N–C) groups is 1. The number of sulfone groups is 1. The van der Waals surface area contributed by atoms with Crippen molar-refractivity contribution in [3.8, 4) is 0 Å². The first-order chi connectivity index (χ1) is 14.0. The molecule has 1 saturated heterocycles. The molecule has 1 aliphatic rings. The standard InChI is InChI=1S/C21H32N4O3S.HI/c1-3-22-20(24-17-21(29(2,26)27)10-15-28-16-11-21)23-12-6-13-25-14-9-18-7-4-5-8-19(18)25;/h4-5,7-9,14H,3,6,10-13,15-17H2,1-2H3,(H2,22,23,24);1H. The van der Waals surface area contributed by atoms with E-state index in [9.17, 15) is 8.42 Å². The van der Waals surface area contributed by atoms with Gasteiger partial charge in [-0.15, -0.1) is 24.0 Å². The quantitative estimate of drug-likeness (QED) is 0.230. The Balaban J connectivity index is 0.00000320. The van der Waals surface area contributed by atoms with Crippen LogP contribution in [0, 0.1) is 0 Å². The Bertz CT molecular complexity index is 937. The highest BCUT2D eigenvalue weighted by Crippen LogP contribution is 2.29. The van der Waals surface area contributed by atoms with Gasteiger partial charge in [0, 0.05) is 50.8 Å². The van der Waals surface area contributed by atoms with Crippen LogP contribution < -0.4 is 10.6 Å². The predicted molar refractivity (Wildman–Crippen MR) is 134 cm³/mol. The summed E-state index contributed by atoms with van der Waals surface area (Å²) >= 11 is 0. The average Bonchev–Trinajstić information content (AvgIpc) is 3.12. The number of fused-ring (bicyclic) bond motifs is 1. The molecule has 0 unspecified atom stereocenters. The Labute approximate surface area is 196 Å². The van der Waals surface area contributed by atoms with Crippen LogP contribution in [0.2, 0.25) is 0 Å². The maximum Gasteiger partial charge on any atom is 0.191 e. The van der Waals surface area contributed by atoms with Crippen LogP contribution in [0.1, 0.15) is 26.2 Å². The van der Waals surface area contributed by atoms with Gasteiger partial charge in [-0.2, -0.15) is 0 Å². The fourth-order valence-electron chi connectivity index (χ4n) is 3.75. The lowest BCUT2D eigenvalue weighted by atomic mass is 9.99. The third-order valence-corrected chi connectivity index (χ3v) is 7.72. The number of para-hydroxylation sites is 1. The molecule has 2 N–H and O–H groups in total. The number of ether oxygens (including phenoxy) is 1. The predicted octanol–water partition coefficient (Wildman–Crippen LogP) is 2.80. The number of hydrogen-bond donors (Lipinski definition) is 2. The van der Waals surface area contributed by atoms with Crippen molar-refractivity contribution in [2.75, 3.05) is 39.1 Å². The van der Waals surface area contributed by atoms with Crippen molar-refractivity contribution in [1.29, 1.82) is 0 Å². The van der Waals surface area contributed by atoms with Gasteiger partial charge in [0.1, 0.15) is 0 Å². The van der Waals surface area contributed by atoms with Gasteiger partial charge < -0.3 is 19.9 Å². The van der Waals surface area contributed by atoms with Gasteiger partial charge in [-0.05, 0) is 43.7 Å². The van der Waals surface area contributed by atoms with E-state index in [2.05, 4.69) is 56.7 Å². The zero-order chi connectivity index (χ0) is 20.7. The molecule has 0 radical (unpaired) electrons. The van der Waals surface area contributed by atoms with Crippen LogP contribution in [-0.2, 0) is 21.1 Å². The first-order valence-corrected chi connectivity index (χ1v) is 12.2. The highest BCUT2D eigenvalue weighted by atomic mass is 127. The number of aromatic nitrogens is 1. The summed E-state index contributed by atoms with van der Waals surface area (Å²) in [6.07, 6.45) is 5.36. The minimum atomic E-state index is -3.22. The average molecular weight is 548 g/mol. The largest absolute Gasteiger partial charge is 0.381 e. The van der Waals surface area contributed by atoms with Crippen LogP contribution in [0.15, 0.2) is 41.5 Å². The summed E-state index contributed by atoms with van der Waals surface area (Å²) in [7, 11) is -3.22. The third-order valence-electron chi connectivity index (χ3n) is 5.61. The van der Waals surface area contributed by atoms with E-state index in [1.807, 2.05) is 6.92 Å². The van der Waals surface area contributed by atoms with E-state index in [1.165, 1.54) is 17.2 Å². The van der Waals surface area contributed by atoms with Gasteiger partial charge >= 0.3 is 0 Å². The zero-order valence-electron chi connectivity index (χ0n) is 17.8. The number of halogens is 1. The zero-order valence-corrected chi connectivity index (χ0v) is 20.9. The highest BCUT2D eigenvalue weighted by Gasteiger charge is 2.42. The van der Waals surface area contributed by atoms with Crippen molar-refractivity contribution < 1.29 is 13.2 Å². The second-order valence-corrected chi connectivity index (χ2v) is 10.0. The monoisotopic (exact) mass is 548 g/mol. The molecule has 2 heterocycles. The van der Waals surface area contributed by atoms with Gasteiger partial charge in [-0.25, -0.2) is 8.42 Å². The molecule has 1 aliphatic heterocycles. The number of hydrogen-bond acceptors (Lipinski definition) is 4. The molecule has 1 aromatic heterocycles. The van der Waals surface area contributed by atoms with Crippen LogP contribution in [-0.4, -0.2) is 62.8 Å². The molecule has 0 spiro atoms. The van der Waals surface area contributed by atoms with E-state index >= 15 is 0 Å². The van der Waals surface area contributed by atoms with Crippen molar-refractivity contribution in [2.45, 2.75) is 37.5 Å². The molecule has 7 nitrogen and oxygen atoms in total. The Morgan fingerprint density at radius 1 is 1.20 bits per heavy atom. The second-order valence-electron chi connectivity index (χ2n) is 7.61. The number of benzene rings is 1. The summed E-state index contributed by atoms with van der Waals surface area (Å²) in [6, 6.07) is 10.5. The Morgan fingerprint density at radius 2 is 1.93 bits per heavy atom. The van der Waals surface area contributed by atoms with E-state index in [1.54, 1.807) is 0 Å². The van der Waals surface area contributed by atoms with Crippen molar-refractivity contribution in [3.63, 3.8) is 0 Å². The number of rotatable bonds is 8. The number of nitrogens with one attached hydrogen (secondary N) is 2. The summed E-state index contributed by atoms with van der Waals surface area (Å²) < 4.78 is 31.6. The van der Waals surface area contributed by atoms with Gasteiger partial charge in [-0.3, -0.25) is 4.99 Å². The summed E-state index contributed by atoms with van der Waals surface area (Å²) in [5, 5.41) is 7.81. The van der Waals surface area contributed by atoms with E-state index < -0.39 is 14.6 Å². The fourth-order valence-corrected chi connectivity index (χ4v) is 4.95. The van der Waals surface area contributed by atoms with E-state index in [0.29, 0.717) is 32.0 Å². The smallest absolute Gasteiger partial charge is 0.191 e. The van der Waals surface area contributed by atoms with Crippen molar-refractivity contribution in [2.24, 2.45) is 4.99 Å². The van der Waals surface area contributed by atoms with Crippen molar-refractivity contribution in [1.82, 2.24) is 15.2 Å². The molecule has 3 rings (SSSR count). The molecule has 0 atom stereocenters. The lowest BCUT2D eigenvalue weighted by Gasteiger charge is -2.34. The maximum absolute atomic E-state index is 12.4. The molecular weight excluding hydrogens is 515 g/mol. The number of guanidine groups is 1.